The topological polar surface area (TPSA) is 131 Å². The Morgan fingerprint density at radius 1 is 1.42 bits per heavy atom. The number of rotatable bonds is 4. The minimum absolute atomic E-state index is 0.0967. The Bertz CT molecular complexity index is 1050. The Morgan fingerprint density at radius 3 is 2.61 bits per heavy atom. The number of hydrogen-bond donors (Lipinski definition) is 3. The van der Waals surface area contributed by atoms with Crippen molar-refractivity contribution in [2.75, 3.05) is 18.9 Å². The molecule has 1 saturated heterocycles. The molecule has 4 N–H and O–H groups in total. The van der Waals surface area contributed by atoms with E-state index in [1.807, 2.05) is 0 Å². The lowest BCUT2D eigenvalue weighted by atomic mass is 10.2. The minimum atomic E-state index is -1.13. The molecule has 0 spiro atoms. The minimum Gasteiger partial charge on any atom is -0.383 e. The largest absolute Gasteiger partial charge is 0.383 e. The van der Waals surface area contributed by atoms with Gasteiger partial charge in [-0.1, -0.05) is 12.0 Å². The van der Waals surface area contributed by atoms with E-state index in [1.54, 1.807) is 31.3 Å². The van der Waals surface area contributed by atoms with Crippen LogP contribution in [0, 0.1) is 18.3 Å². The molecule has 162 valence electrons. The van der Waals surface area contributed by atoms with Gasteiger partial charge < -0.3 is 21.1 Å². The van der Waals surface area contributed by atoms with Crippen LogP contribution in [0.5, 0.6) is 0 Å². The van der Waals surface area contributed by atoms with Crippen LogP contribution in [0.15, 0.2) is 30.5 Å². The van der Waals surface area contributed by atoms with Crippen LogP contribution in [0.3, 0.4) is 0 Å². The number of carbonyl (C=O) groups excluding carboxylic acids is 3. The Hall–Kier alpha value is -3.71. The zero-order chi connectivity index (χ0) is 22.7. The SMILES string of the molecule is C#Cc1cccc(-n2cc(NC(=O)C3CC3F)c(C(N)=O)n2)c1.CN1CCC(O)C1=O. The lowest BCUT2D eigenvalue weighted by Gasteiger charge is -2.04. The van der Waals surface area contributed by atoms with Crippen LogP contribution in [0.4, 0.5) is 10.1 Å². The summed E-state index contributed by atoms with van der Waals surface area (Å²) in [5.74, 6) is 0.391. The highest BCUT2D eigenvalue weighted by atomic mass is 19.1. The van der Waals surface area contributed by atoms with Crippen LogP contribution in [0.2, 0.25) is 0 Å². The van der Waals surface area contributed by atoms with Crippen LogP contribution >= 0.6 is 0 Å². The van der Waals surface area contributed by atoms with Crippen molar-refractivity contribution in [2.45, 2.75) is 25.1 Å². The predicted octanol–water partition coefficient (Wildman–Crippen LogP) is 0.458. The second-order valence-electron chi connectivity index (χ2n) is 7.31. The Labute approximate surface area is 178 Å². The maximum Gasteiger partial charge on any atom is 0.271 e. The van der Waals surface area contributed by atoms with E-state index in [0.717, 1.165) is 0 Å². The number of nitrogens with two attached hydrogens (primary N) is 1. The Morgan fingerprint density at radius 2 is 2.13 bits per heavy atom. The van der Waals surface area contributed by atoms with Gasteiger partial charge in [0.05, 0.1) is 23.5 Å². The quantitative estimate of drug-likeness (QED) is 0.610. The van der Waals surface area contributed by atoms with Crippen molar-refractivity contribution in [3.05, 3.63) is 41.7 Å². The second kappa shape index (κ2) is 8.97. The molecule has 9 nitrogen and oxygen atoms in total. The fourth-order valence-electron chi connectivity index (χ4n) is 2.98. The van der Waals surface area contributed by atoms with Crippen LogP contribution in [-0.2, 0) is 9.59 Å². The fraction of sp³-hybridized carbons (Fsp3) is 0.333. The number of likely N-dealkylation sites (N-methyl/N-ethyl adjacent to an activating group) is 1. The molecule has 2 aromatic rings. The molecular formula is C21H22FN5O4. The molecule has 1 aliphatic heterocycles. The third-order valence-corrected chi connectivity index (χ3v) is 4.93. The van der Waals surface area contributed by atoms with Gasteiger partial charge in [0, 0.05) is 19.2 Å². The maximum absolute atomic E-state index is 12.9. The third-order valence-electron chi connectivity index (χ3n) is 4.93. The van der Waals surface area contributed by atoms with Gasteiger partial charge in [0.25, 0.3) is 11.8 Å². The third kappa shape index (κ3) is 5.07. The van der Waals surface area contributed by atoms with Crippen molar-refractivity contribution in [1.82, 2.24) is 14.7 Å². The van der Waals surface area contributed by atoms with Crippen LogP contribution in [-0.4, -0.2) is 63.4 Å². The molecule has 3 atom stereocenters. The summed E-state index contributed by atoms with van der Waals surface area (Å²) in [5, 5.41) is 15.3. The number of aliphatic hydroxyl groups excluding tert-OH is 1. The van der Waals surface area contributed by atoms with E-state index in [9.17, 15) is 18.8 Å². The number of benzene rings is 1. The number of carbonyl (C=O) groups is 3. The van der Waals surface area contributed by atoms with Crippen LogP contribution in [0.1, 0.15) is 28.9 Å². The van der Waals surface area contributed by atoms with Crippen molar-refractivity contribution in [1.29, 1.82) is 0 Å². The molecule has 1 aromatic carbocycles. The number of amides is 3. The summed E-state index contributed by atoms with van der Waals surface area (Å²) in [4.78, 5) is 35.5. The predicted molar refractivity (Wildman–Crippen MR) is 110 cm³/mol. The number of aliphatic hydroxyl groups is 1. The maximum atomic E-state index is 12.9. The summed E-state index contributed by atoms with van der Waals surface area (Å²) in [6.45, 7) is 0.694. The zero-order valence-corrected chi connectivity index (χ0v) is 16.8. The first-order valence-corrected chi connectivity index (χ1v) is 9.55. The summed E-state index contributed by atoms with van der Waals surface area (Å²) in [7, 11) is 1.69. The lowest BCUT2D eigenvalue weighted by Crippen LogP contribution is -2.24. The molecule has 1 aliphatic carbocycles. The summed E-state index contributed by atoms with van der Waals surface area (Å²) in [5.41, 5.74) is 6.58. The highest BCUT2D eigenvalue weighted by Gasteiger charge is 2.44. The molecule has 31 heavy (non-hydrogen) atoms. The van der Waals surface area contributed by atoms with Gasteiger partial charge in [0.2, 0.25) is 5.91 Å². The molecule has 10 heteroatoms. The van der Waals surface area contributed by atoms with Gasteiger partial charge >= 0.3 is 0 Å². The molecule has 4 rings (SSSR count). The van der Waals surface area contributed by atoms with Gasteiger partial charge in [-0.2, -0.15) is 5.10 Å². The fourth-order valence-corrected chi connectivity index (χ4v) is 2.98. The number of hydrogen-bond acceptors (Lipinski definition) is 5. The first kappa shape index (κ1) is 22.0. The van der Waals surface area contributed by atoms with Crippen molar-refractivity contribution in [2.24, 2.45) is 11.7 Å². The van der Waals surface area contributed by atoms with Gasteiger partial charge in [-0.15, -0.1) is 6.42 Å². The summed E-state index contributed by atoms with van der Waals surface area (Å²) >= 11 is 0. The smallest absolute Gasteiger partial charge is 0.271 e. The van der Waals surface area contributed by atoms with Gasteiger partial charge in [-0.25, -0.2) is 9.07 Å². The highest BCUT2D eigenvalue weighted by molar-refractivity contribution is 6.02. The van der Waals surface area contributed by atoms with Gasteiger partial charge in [-0.05, 0) is 31.0 Å². The van der Waals surface area contributed by atoms with Gasteiger partial charge in [0.15, 0.2) is 5.69 Å². The lowest BCUT2D eigenvalue weighted by molar-refractivity contribution is -0.133. The summed E-state index contributed by atoms with van der Waals surface area (Å²) in [6.07, 6.45) is 5.73. The van der Waals surface area contributed by atoms with E-state index in [4.69, 9.17) is 17.3 Å². The number of alkyl halides is 1. The first-order valence-electron chi connectivity index (χ1n) is 9.55. The Kier molecular flexibility index (Phi) is 6.36. The van der Waals surface area contributed by atoms with Crippen molar-refractivity contribution in [3.63, 3.8) is 0 Å². The summed E-state index contributed by atoms with van der Waals surface area (Å²) in [6, 6.07) is 6.93. The second-order valence-corrected chi connectivity index (χ2v) is 7.31. The number of nitrogens with zero attached hydrogens (tertiary/aromatic N) is 3. The molecule has 3 amide bonds. The standard InChI is InChI=1S/C16H13FN4O2.C5H9NO2/c1-2-9-4-3-5-10(6-9)21-8-13(14(20-21)15(18)22)19-16(23)11-7-12(11)17;1-6-3-2-4(7)5(6)8/h1,3-6,8,11-12H,7H2,(H2,18,22)(H,19,23);4,7H,2-3H2,1H3. The molecule has 0 radical (unpaired) electrons. The van der Waals surface area contributed by atoms with Crippen LogP contribution in [0.25, 0.3) is 5.69 Å². The van der Waals surface area contributed by atoms with Crippen LogP contribution < -0.4 is 11.1 Å². The Balaban J connectivity index is 0.000000287. The van der Waals surface area contributed by atoms with Gasteiger partial charge in [-0.3, -0.25) is 14.4 Å². The number of likely N-dealkylation sites (tertiary alicyclic amines) is 1. The van der Waals surface area contributed by atoms with E-state index in [1.165, 1.54) is 15.8 Å². The molecule has 1 aromatic heterocycles. The van der Waals surface area contributed by atoms with Gasteiger partial charge in [0.1, 0.15) is 12.3 Å². The molecule has 2 heterocycles. The molecule has 2 aliphatic rings. The number of nitrogens with one attached hydrogen (secondary N) is 1. The molecule has 1 saturated carbocycles. The number of anilines is 1. The van der Waals surface area contributed by atoms with E-state index in [2.05, 4.69) is 16.3 Å². The number of primary amides is 1. The van der Waals surface area contributed by atoms with E-state index >= 15 is 0 Å². The zero-order valence-electron chi connectivity index (χ0n) is 16.8. The highest BCUT2D eigenvalue weighted by Crippen LogP contribution is 2.35. The van der Waals surface area contributed by atoms with E-state index < -0.39 is 30.0 Å². The van der Waals surface area contributed by atoms with E-state index in [0.29, 0.717) is 24.2 Å². The number of aromatic nitrogens is 2. The van der Waals surface area contributed by atoms with Crippen molar-refractivity contribution in [3.8, 4) is 18.0 Å². The average molecular weight is 427 g/mol. The first-order chi connectivity index (χ1) is 14.7. The van der Waals surface area contributed by atoms with Crippen molar-refractivity contribution >= 4 is 23.4 Å². The number of terminal acetylenes is 1. The molecule has 0 bridgehead atoms. The summed E-state index contributed by atoms with van der Waals surface area (Å²) < 4.78 is 14.3. The average Bonchev–Trinajstić information content (AvgIpc) is 3.23. The normalized spacial score (nSPS) is 21.7. The molecular weight excluding hydrogens is 405 g/mol. The monoisotopic (exact) mass is 427 g/mol. The van der Waals surface area contributed by atoms with E-state index in [-0.39, 0.29) is 23.7 Å². The molecule has 2 fully saturated rings. The van der Waals surface area contributed by atoms with Crippen molar-refractivity contribution < 1.29 is 23.9 Å². The molecule has 3 unspecified atom stereocenters. The number of halogens is 1.